The Hall–Kier alpha value is -0.330. The summed E-state index contributed by atoms with van der Waals surface area (Å²) in [4.78, 5) is 14.0. The first-order chi connectivity index (χ1) is 7.44. The van der Waals surface area contributed by atoms with Crippen molar-refractivity contribution in [2.75, 3.05) is 33.8 Å². The standard InChI is InChI=1S/C6H15N.C4H7NO2S2/c1-4-7(5-2)6-3;1-5(4(8)9)3(6)7-2/h4-6H2,1-3H3;1-2H3,(H,8,9). The predicted molar refractivity (Wildman–Crippen MR) is 75.2 cm³/mol. The first-order valence-electron chi connectivity index (χ1n) is 5.21. The summed E-state index contributed by atoms with van der Waals surface area (Å²) >= 11 is 8.29. The molecule has 0 aliphatic carbocycles. The fourth-order valence-corrected chi connectivity index (χ4v) is 1.04. The van der Waals surface area contributed by atoms with Crippen molar-refractivity contribution in [3.63, 3.8) is 0 Å². The van der Waals surface area contributed by atoms with E-state index in [1.54, 1.807) is 0 Å². The second-order valence-corrected chi connectivity index (χ2v) is 4.04. The van der Waals surface area contributed by atoms with Crippen molar-refractivity contribution in [2.45, 2.75) is 20.8 Å². The first-order valence-corrected chi connectivity index (χ1v) is 6.06. The molecule has 96 valence electrons. The van der Waals surface area contributed by atoms with Crippen LogP contribution in [0, 0.1) is 0 Å². The van der Waals surface area contributed by atoms with Gasteiger partial charge in [-0.2, -0.15) is 0 Å². The maximum atomic E-state index is 10.5. The van der Waals surface area contributed by atoms with E-state index in [2.05, 4.69) is 55.3 Å². The fourth-order valence-electron chi connectivity index (χ4n) is 0.886. The van der Waals surface area contributed by atoms with Crippen LogP contribution in [-0.2, 0) is 4.74 Å². The summed E-state index contributed by atoms with van der Waals surface area (Å²) in [7, 11) is 2.77. The van der Waals surface area contributed by atoms with Crippen LogP contribution < -0.4 is 0 Å². The van der Waals surface area contributed by atoms with Crippen LogP contribution in [0.2, 0.25) is 0 Å². The van der Waals surface area contributed by atoms with Crippen molar-refractivity contribution in [1.29, 1.82) is 0 Å². The monoisotopic (exact) mass is 266 g/mol. The van der Waals surface area contributed by atoms with Crippen LogP contribution in [0.25, 0.3) is 0 Å². The Bertz CT molecular complexity index is 203. The number of thiocarbonyl (C=S) groups is 1. The van der Waals surface area contributed by atoms with Gasteiger partial charge in [-0.05, 0) is 19.6 Å². The van der Waals surface area contributed by atoms with Crippen LogP contribution in [0.1, 0.15) is 20.8 Å². The lowest BCUT2D eigenvalue weighted by atomic mass is 10.5. The summed E-state index contributed by atoms with van der Waals surface area (Å²) in [6, 6.07) is 0. The van der Waals surface area contributed by atoms with Crippen molar-refractivity contribution in [1.82, 2.24) is 9.80 Å². The molecule has 1 amide bonds. The van der Waals surface area contributed by atoms with Crippen LogP contribution in [0.5, 0.6) is 0 Å². The zero-order valence-electron chi connectivity index (χ0n) is 10.7. The molecule has 0 saturated heterocycles. The van der Waals surface area contributed by atoms with Crippen molar-refractivity contribution in [2.24, 2.45) is 0 Å². The molecule has 6 heteroatoms. The second-order valence-electron chi connectivity index (χ2n) is 2.93. The topological polar surface area (TPSA) is 32.8 Å². The van der Waals surface area contributed by atoms with E-state index < -0.39 is 6.09 Å². The summed E-state index contributed by atoms with van der Waals surface area (Å²) in [6.45, 7) is 10.1. The van der Waals surface area contributed by atoms with E-state index in [4.69, 9.17) is 0 Å². The Kier molecular flexibility index (Phi) is 12.6. The van der Waals surface area contributed by atoms with E-state index in [9.17, 15) is 4.79 Å². The summed E-state index contributed by atoms with van der Waals surface area (Å²) < 4.78 is 4.52. The van der Waals surface area contributed by atoms with Gasteiger partial charge >= 0.3 is 6.09 Å². The molecule has 0 saturated carbocycles. The van der Waals surface area contributed by atoms with Gasteiger partial charge in [0.1, 0.15) is 4.32 Å². The molecule has 0 atom stereocenters. The number of methoxy groups -OCH3 is 1. The van der Waals surface area contributed by atoms with E-state index >= 15 is 0 Å². The lowest BCUT2D eigenvalue weighted by molar-refractivity contribution is 0.153. The van der Waals surface area contributed by atoms with E-state index in [1.807, 2.05) is 0 Å². The van der Waals surface area contributed by atoms with Gasteiger partial charge in [-0.25, -0.2) is 4.79 Å². The second kappa shape index (κ2) is 11.2. The average molecular weight is 266 g/mol. The first kappa shape index (κ1) is 18.0. The van der Waals surface area contributed by atoms with Gasteiger partial charge in [0.2, 0.25) is 0 Å². The minimum atomic E-state index is -0.505. The van der Waals surface area contributed by atoms with E-state index in [0.29, 0.717) is 0 Å². The smallest absolute Gasteiger partial charge is 0.414 e. The number of hydrogen-bond acceptors (Lipinski definition) is 4. The number of carbonyl (C=O) groups excluding carboxylic acids is 1. The van der Waals surface area contributed by atoms with Gasteiger partial charge in [-0.3, -0.25) is 4.90 Å². The lowest BCUT2D eigenvalue weighted by Gasteiger charge is -2.13. The highest BCUT2D eigenvalue weighted by Gasteiger charge is 2.08. The Morgan fingerprint density at radius 1 is 1.25 bits per heavy atom. The molecule has 0 radical (unpaired) electrons. The summed E-state index contributed by atoms with van der Waals surface area (Å²) in [5, 5.41) is 0. The van der Waals surface area contributed by atoms with Crippen molar-refractivity contribution in [3.8, 4) is 0 Å². The van der Waals surface area contributed by atoms with Crippen molar-refractivity contribution in [3.05, 3.63) is 0 Å². The van der Waals surface area contributed by atoms with Crippen molar-refractivity contribution < 1.29 is 9.53 Å². The zero-order chi connectivity index (χ0) is 13.1. The van der Waals surface area contributed by atoms with Crippen LogP contribution in [0.15, 0.2) is 0 Å². The molecule has 0 heterocycles. The maximum Gasteiger partial charge on any atom is 0.414 e. The average Bonchev–Trinajstić information content (AvgIpc) is 2.30. The summed E-state index contributed by atoms with van der Waals surface area (Å²) in [5.74, 6) is 0. The number of thiol groups is 1. The Morgan fingerprint density at radius 3 is 1.69 bits per heavy atom. The number of nitrogens with zero attached hydrogens (tertiary/aromatic N) is 2. The minimum absolute atomic E-state index is 0.196. The largest absolute Gasteiger partial charge is 0.452 e. The molecule has 0 rings (SSSR count). The number of rotatable bonds is 3. The molecule has 0 spiro atoms. The lowest BCUT2D eigenvalue weighted by Crippen LogP contribution is -2.28. The number of ether oxygens (including phenoxy) is 1. The Labute approximate surface area is 109 Å². The molecule has 0 aromatic heterocycles. The molecule has 16 heavy (non-hydrogen) atoms. The molecule has 0 aliphatic heterocycles. The molecule has 4 nitrogen and oxygen atoms in total. The molecule has 0 aliphatic rings. The molecule has 0 unspecified atom stereocenters. The van der Waals surface area contributed by atoms with Gasteiger partial charge in [-0.15, -0.1) is 12.6 Å². The van der Waals surface area contributed by atoms with Crippen molar-refractivity contribution >= 4 is 35.3 Å². The predicted octanol–water partition coefficient (Wildman–Crippen LogP) is 2.25. The van der Waals surface area contributed by atoms with Gasteiger partial charge < -0.3 is 9.64 Å². The molecular formula is C10H22N2O2S2. The van der Waals surface area contributed by atoms with Gasteiger partial charge in [0.15, 0.2) is 0 Å². The Balaban J connectivity index is 0. The molecule has 0 bridgehead atoms. The molecule has 0 fully saturated rings. The third-order valence-electron chi connectivity index (χ3n) is 2.08. The van der Waals surface area contributed by atoms with Crippen LogP contribution >= 0.6 is 24.8 Å². The van der Waals surface area contributed by atoms with Crippen LogP contribution in [0.4, 0.5) is 4.79 Å². The summed E-state index contributed by atoms with van der Waals surface area (Å²) in [5.41, 5.74) is 0. The number of carbonyl (C=O) groups is 1. The maximum absolute atomic E-state index is 10.5. The van der Waals surface area contributed by atoms with E-state index in [1.165, 1.54) is 33.8 Å². The minimum Gasteiger partial charge on any atom is -0.452 e. The van der Waals surface area contributed by atoms with Crippen LogP contribution in [0.3, 0.4) is 0 Å². The highest BCUT2D eigenvalue weighted by Crippen LogP contribution is 1.94. The van der Waals surface area contributed by atoms with E-state index in [0.717, 1.165) is 4.90 Å². The number of hydrogen-bond donors (Lipinski definition) is 1. The van der Waals surface area contributed by atoms with Crippen LogP contribution in [-0.4, -0.2) is 54.0 Å². The molecular weight excluding hydrogens is 244 g/mol. The summed E-state index contributed by atoms with van der Waals surface area (Å²) in [6.07, 6.45) is -0.505. The third-order valence-corrected chi connectivity index (χ3v) is 2.65. The zero-order valence-corrected chi connectivity index (χ0v) is 12.4. The normalized spacial score (nSPS) is 9.19. The number of amides is 1. The van der Waals surface area contributed by atoms with E-state index in [-0.39, 0.29) is 4.32 Å². The molecule has 0 aromatic carbocycles. The highest BCUT2D eigenvalue weighted by atomic mass is 32.1. The van der Waals surface area contributed by atoms with Gasteiger partial charge in [0.05, 0.1) is 7.11 Å². The highest BCUT2D eigenvalue weighted by molar-refractivity contribution is 8.11. The SMILES string of the molecule is CCN(CC)CC.COC(=O)N(C)C(=S)S. The van der Waals surface area contributed by atoms with Gasteiger partial charge in [-0.1, -0.05) is 33.0 Å². The fraction of sp³-hybridized carbons (Fsp3) is 0.800. The third kappa shape index (κ3) is 8.94. The van der Waals surface area contributed by atoms with Gasteiger partial charge in [0.25, 0.3) is 0 Å². The molecule has 0 aromatic rings. The Morgan fingerprint density at radius 2 is 1.62 bits per heavy atom. The molecule has 0 N–H and O–H groups in total. The van der Waals surface area contributed by atoms with Gasteiger partial charge in [0, 0.05) is 7.05 Å². The quantitative estimate of drug-likeness (QED) is 0.627.